The molecule has 0 saturated carbocycles. The summed E-state index contributed by atoms with van der Waals surface area (Å²) in [5.41, 5.74) is -6.85. The van der Waals surface area contributed by atoms with E-state index in [0.29, 0.717) is 12.1 Å². The van der Waals surface area contributed by atoms with Gasteiger partial charge in [-0.15, -0.1) is 0 Å². The Kier molecular flexibility index (Phi) is 2.98. The van der Waals surface area contributed by atoms with Gasteiger partial charge in [0.2, 0.25) is 0 Å². The third-order valence-electron chi connectivity index (χ3n) is 4.16. The maximum absolute atomic E-state index is 13.9. The van der Waals surface area contributed by atoms with Gasteiger partial charge in [0.15, 0.2) is 0 Å². The van der Waals surface area contributed by atoms with Crippen molar-refractivity contribution in [2.45, 2.75) is 32.9 Å². The summed E-state index contributed by atoms with van der Waals surface area (Å²) >= 11 is 0. The largest absolute Gasteiger partial charge is 0.417 e. The average Bonchev–Trinajstić information content (AvgIpc) is 2.75. The summed E-state index contributed by atoms with van der Waals surface area (Å²) in [5, 5.41) is 0. The molecule has 0 N–H and O–H groups in total. The van der Waals surface area contributed by atoms with E-state index in [0.717, 1.165) is 30.5 Å². The van der Waals surface area contributed by atoms with Gasteiger partial charge in [0.1, 0.15) is 0 Å². The zero-order valence-electron chi connectivity index (χ0n) is 23.3. The lowest BCUT2D eigenvalue weighted by atomic mass is 9.91. The number of aryl methyl sites for hydroxylation is 3. The molecule has 0 unspecified atom stereocenters. The van der Waals surface area contributed by atoms with Crippen molar-refractivity contribution in [1.29, 1.82) is 0 Å². The van der Waals surface area contributed by atoms with Gasteiger partial charge in [-0.25, -0.2) is 0 Å². The quantitative estimate of drug-likeness (QED) is 0.396. The Morgan fingerprint density at radius 3 is 2.07 bits per heavy atom. The number of nitrogens with zero attached hydrogens (tertiary/aromatic N) is 1. The molecule has 0 radical (unpaired) electrons. The van der Waals surface area contributed by atoms with Gasteiger partial charge in [0.05, 0.1) is 16.8 Å². The Morgan fingerprint density at radius 2 is 1.45 bits per heavy atom. The Hall–Kier alpha value is -2.83. The van der Waals surface area contributed by atoms with Crippen molar-refractivity contribution in [3.05, 3.63) is 76.5 Å². The molecule has 0 atom stereocenters. The molecule has 0 spiro atoms. The molecule has 29 heavy (non-hydrogen) atoms. The van der Waals surface area contributed by atoms with E-state index in [1.165, 1.54) is 0 Å². The van der Waals surface area contributed by atoms with Crippen LogP contribution in [-0.2, 0) is 12.4 Å². The molecule has 152 valence electrons. The molecular formula is C22H17F6N. The van der Waals surface area contributed by atoms with Crippen LogP contribution < -0.4 is 0 Å². The van der Waals surface area contributed by atoms with Gasteiger partial charge in [-0.05, 0) is 72.6 Å². The number of benzene rings is 2. The fourth-order valence-electron chi connectivity index (χ4n) is 2.73. The van der Waals surface area contributed by atoms with Crippen LogP contribution in [-0.4, -0.2) is 4.98 Å². The smallest absolute Gasteiger partial charge is 0.256 e. The van der Waals surface area contributed by atoms with Gasteiger partial charge in [0.25, 0.3) is 0 Å². The van der Waals surface area contributed by atoms with E-state index in [9.17, 15) is 26.3 Å². The molecule has 0 aliphatic heterocycles. The molecule has 1 nitrogen and oxygen atoms in total. The van der Waals surface area contributed by atoms with Crippen LogP contribution in [0.25, 0.3) is 22.4 Å². The highest BCUT2D eigenvalue weighted by atomic mass is 19.4. The number of rotatable bonds is 2. The van der Waals surface area contributed by atoms with Crippen molar-refractivity contribution in [3.8, 4) is 22.4 Å². The lowest BCUT2D eigenvalue weighted by Gasteiger charge is -2.18. The molecule has 7 heteroatoms. The average molecular weight is 418 g/mol. The molecule has 2 aromatic carbocycles. The van der Waals surface area contributed by atoms with Crippen LogP contribution in [0.4, 0.5) is 26.3 Å². The number of hydrogen-bond acceptors (Lipinski definition) is 1. The maximum atomic E-state index is 13.9. The first-order valence-electron chi connectivity index (χ1n) is 12.5. The van der Waals surface area contributed by atoms with Gasteiger partial charge >= 0.3 is 12.4 Å². The molecule has 0 saturated heterocycles. The molecule has 0 aliphatic carbocycles. The summed E-state index contributed by atoms with van der Waals surface area (Å²) in [6.45, 7) is -8.75. The van der Waals surface area contributed by atoms with Crippen LogP contribution in [0, 0.1) is 20.6 Å². The second-order valence-corrected chi connectivity index (χ2v) is 6.13. The maximum Gasteiger partial charge on any atom is 0.417 e. The minimum Gasteiger partial charge on any atom is -0.256 e. The Balaban J connectivity index is 2.35. The number of halogens is 6. The Bertz CT molecular complexity index is 1350. The minimum atomic E-state index is -5.30. The van der Waals surface area contributed by atoms with E-state index in [-0.39, 0.29) is 17.3 Å². The van der Waals surface area contributed by atoms with Crippen LogP contribution in [0.1, 0.15) is 40.2 Å². The van der Waals surface area contributed by atoms with Gasteiger partial charge in [0, 0.05) is 24.1 Å². The van der Waals surface area contributed by atoms with Crippen molar-refractivity contribution in [2.75, 3.05) is 0 Å². The third-order valence-corrected chi connectivity index (χ3v) is 4.16. The lowest BCUT2D eigenvalue weighted by Crippen LogP contribution is -2.12. The standard InChI is InChI=1S/C22H17F6N/c1-12-4-5-15(20-8-13(2)14(3)11-29-20)9-18(12)17-7-6-16(21(23,24)25)10-19(17)22(26,27)28/h4-11H,1-3H3/i1D3,2D3,3D3. The summed E-state index contributed by atoms with van der Waals surface area (Å²) < 4.78 is 150. The van der Waals surface area contributed by atoms with Gasteiger partial charge in [-0.1, -0.05) is 18.2 Å². The monoisotopic (exact) mass is 418 g/mol. The summed E-state index contributed by atoms with van der Waals surface area (Å²) in [5.74, 6) is 0. The summed E-state index contributed by atoms with van der Waals surface area (Å²) in [6.07, 6.45) is -9.62. The fraction of sp³-hybridized carbons (Fsp3) is 0.227. The zero-order valence-corrected chi connectivity index (χ0v) is 14.3. The van der Waals surface area contributed by atoms with E-state index in [1.54, 1.807) is 0 Å². The first kappa shape index (κ1) is 12.0. The van der Waals surface area contributed by atoms with Crippen molar-refractivity contribution >= 4 is 0 Å². The van der Waals surface area contributed by atoms with E-state index < -0.39 is 71.9 Å². The molecule has 3 rings (SSSR count). The fourth-order valence-corrected chi connectivity index (χ4v) is 2.73. The van der Waals surface area contributed by atoms with E-state index in [1.807, 2.05) is 0 Å². The predicted octanol–water partition coefficient (Wildman–Crippen LogP) is 7.38. The van der Waals surface area contributed by atoms with Crippen LogP contribution in [0.5, 0.6) is 0 Å². The van der Waals surface area contributed by atoms with Crippen LogP contribution >= 0.6 is 0 Å². The molecule has 0 aliphatic rings. The minimum absolute atomic E-state index is 0.0939. The van der Waals surface area contributed by atoms with Crippen molar-refractivity contribution in [2.24, 2.45) is 0 Å². The van der Waals surface area contributed by atoms with Gasteiger partial charge in [-0.3, -0.25) is 4.98 Å². The number of alkyl halides is 6. The van der Waals surface area contributed by atoms with Crippen molar-refractivity contribution < 1.29 is 38.7 Å². The van der Waals surface area contributed by atoms with E-state index >= 15 is 0 Å². The highest BCUT2D eigenvalue weighted by Gasteiger charge is 2.38. The predicted molar refractivity (Wildman–Crippen MR) is 99.3 cm³/mol. The highest BCUT2D eigenvalue weighted by molar-refractivity contribution is 5.77. The van der Waals surface area contributed by atoms with Gasteiger partial charge in [-0.2, -0.15) is 26.3 Å². The van der Waals surface area contributed by atoms with Crippen molar-refractivity contribution in [3.63, 3.8) is 0 Å². The lowest BCUT2D eigenvalue weighted by molar-refractivity contribution is -0.142. The molecular weight excluding hydrogens is 392 g/mol. The Morgan fingerprint density at radius 1 is 0.724 bits per heavy atom. The number of aromatic nitrogens is 1. The van der Waals surface area contributed by atoms with Crippen LogP contribution in [0.15, 0.2) is 48.7 Å². The third kappa shape index (κ3) is 4.28. The number of pyridine rings is 1. The van der Waals surface area contributed by atoms with E-state index in [4.69, 9.17) is 12.3 Å². The zero-order chi connectivity index (χ0) is 29.1. The summed E-state index contributed by atoms with van der Waals surface area (Å²) in [7, 11) is 0. The second kappa shape index (κ2) is 7.21. The topological polar surface area (TPSA) is 12.9 Å². The van der Waals surface area contributed by atoms with Gasteiger partial charge < -0.3 is 0 Å². The SMILES string of the molecule is [2H]C([2H])([2H])c1ccc(-c2cc(C([2H])([2H])[2H])c(C([2H])([2H])[2H])cn2)cc1-c1ccc(C(F)(F)F)cc1C(F)(F)F. The first-order valence-corrected chi connectivity index (χ1v) is 7.96. The molecule has 1 aromatic heterocycles. The normalized spacial score (nSPS) is 18.2. The molecule has 0 bridgehead atoms. The van der Waals surface area contributed by atoms with Crippen LogP contribution in [0.2, 0.25) is 0 Å². The van der Waals surface area contributed by atoms with Crippen molar-refractivity contribution in [1.82, 2.24) is 4.98 Å². The Labute approximate surface area is 176 Å². The van der Waals surface area contributed by atoms with Crippen LogP contribution in [0.3, 0.4) is 0 Å². The number of hydrogen-bond donors (Lipinski definition) is 0. The molecule has 1 heterocycles. The second-order valence-electron chi connectivity index (χ2n) is 6.13. The summed E-state index contributed by atoms with van der Waals surface area (Å²) in [4.78, 5) is 3.91. The molecule has 0 amide bonds. The first-order chi connectivity index (χ1) is 17.0. The summed E-state index contributed by atoms with van der Waals surface area (Å²) in [6, 6.07) is 4.67. The van der Waals surface area contributed by atoms with E-state index in [2.05, 4.69) is 4.98 Å². The molecule has 3 aromatic rings. The molecule has 0 fully saturated rings. The highest BCUT2D eigenvalue weighted by Crippen LogP contribution is 2.42.